The number of sulfonamides is 1. The minimum atomic E-state index is -3.76. The minimum absolute atomic E-state index is 0.116. The number of carbonyl (C=O) groups excluding carboxylic acids is 1. The van der Waals surface area contributed by atoms with Gasteiger partial charge in [-0.3, -0.25) is 4.79 Å². The van der Waals surface area contributed by atoms with Crippen molar-refractivity contribution in [1.29, 1.82) is 0 Å². The number of hydrogen-bond donors (Lipinski definition) is 2. The summed E-state index contributed by atoms with van der Waals surface area (Å²) in [4.78, 5) is 14.6. The number of nitrogens with one attached hydrogen (secondary N) is 2. The van der Waals surface area contributed by atoms with Crippen LogP contribution in [0.25, 0.3) is 11.1 Å². The van der Waals surface area contributed by atoms with E-state index in [0.717, 1.165) is 22.5 Å². The van der Waals surface area contributed by atoms with Gasteiger partial charge in [-0.15, -0.1) is 0 Å². The highest BCUT2D eigenvalue weighted by molar-refractivity contribution is 7.89. The Hall–Kier alpha value is -2.58. The van der Waals surface area contributed by atoms with Gasteiger partial charge in [-0.05, 0) is 60.0 Å². The number of rotatable bonds is 4. The zero-order chi connectivity index (χ0) is 22.5. The van der Waals surface area contributed by atoms with Crippen LogP contribution in [0, 0.1) is 0 Å². The first kappa shape index (κ1) is 21.3. The van der Waals surface area contributed by atoms with Crippen molar-refractivity contribution in [1.82, 2.24) is 4.72 Å². The molecule has 2 aliphatic rings. The fraction of sp³-hybridized carbons (Fsp3) is 0.174. The Labute approximate surface area is 196 Å². The molecule has 0 saturated carbocycles. The van der Waals surface area contributed by atoms with Crippen molar-refractivity contribution in [3.05, 3.63) is 76.8 Å². The summed E-state index contributed by atoms with van der Waals surface area (Å²) in [5.41, 5.74) is 3.26. The molecule has 0 bridgehead atoms. The second-order valence-electron chi connectivity index (χ2n) is 7.91. The van der Waals surface area contributed by atoms with Gasteiger partial charge in [-0.2, -0.15) is 0 Å². The Morgan fingerprint density at radius 3 is 2.34 bits per heavy atom. The molecule has 6 nitrogen and oxygen atoms in total. The molecule has 0 aromatic heterocycles. The average Bonchev–Trinajstić information content (AvgIpc) is 3.17. The topological polar surface area (TPSA) is 78.5 Å². The first-order valence-electron chi connectivity index (χ1n) is 10.1. The smallest absolute Gasteiger partial charge is 0.247 e. The number of hydrogen-bond acceptors (Lipinski definition) is 4. The minimum Gasteiger partial charge on any atom is -0.356 e. The van der Waals surface area contributed by atoms with Crippen molar-refractivity contribution in [2.24, 2.45) is 0 Å². The van der Waals surface area contributed by atoms with Gasteiger partial charge in [-0.1, -0.05) is 47.5 Å². The van der Waals surface area contributed by atoms with Gasteiger partial charge in [0.2, 0.25) is 15.9 Å². The highest BCUT2D eigenvalue weighted by Crippen LogP contribution is 2.36. The predicted octanol–water partition coefficient (Wildman–Crippen LogP) is 4.54. The molecule has 0 radical (unpaired) electrons. The first-order valence-corrected chi connectivity index (χ1v) is 12.3. The summed E-state index contributed by atoms with van der Waals surface area (Å²) in [5, 5.41) is 3.92. The molecular weight excluding hydrogens is 469 g/mol. The molecule has 2 heterocycles. The number of para-hydroxylation sites is 2. The molecular formula is C23H19Cl2N3O3S. The van der Waals surface area contributed by atoms with Crippen LogP contribution in [0.1, 0.15) is 6.42 Å². The summed E-state index contributed by atoms with van der Waals surface area (Å²) in [7, 11) is -3.76. The molecule has 3 aromatic rings. The number of fused-ring (bicyclic) bond motifs is 3. The van der Waals surface area contributed by atoms with Gasteiger partial charge in [0.25, 0.3) is 0 Å². The lowest BCUT2D eigenvalue weighted by Gasteiger charge is -2.32. The Morgan fingerprint density at radius 2 is 1.62 bits per heavy atom. The van der Waals surface area contributed by atoms with E-state index in [1.807, 2.05) is 29.2 Å². The van der Waals surface area contributed by atoms with E-state index in [-0.39, 0.29) is 16.8 Å². The van der Waals surface area contributed by atoms with Crippen LogP contribution in [0.15, 0.2) is 71.6 Å². The number of carbonyl (C=O) groups is 1. The van der Waals surface area contributed by atoms with Crippen LogP contribution in [0.3, 0.4) is 0 Å². The molecule has 0 aliphatic carbocycles. The van der Waals surface area contributed by atoms with E-state index in [4.69, 9.17) is 23.2 Å². The van der Waals surface area contributed by atoms with Crippen LogP contribution >= 0.6 is 23.2 Å². The van der Waals surface area contributed by atoms with E-state index in [2.05, 4.69) is 10.0 Å². The number of halogens is 2. The maximum atomic E-state index is 13.0. The Morgan fingerprint density at radius 1 is 0.938 bits per heavy atom. The lowest BCUT2D eigenvalue weighted by molar-refractivity contribution is -0.117. The van der Waals surface area contributed by atoms with Crippen molar-refractivity contribution in [3.63, 3.8) is 0 Å². The molecule has 2 aliphatic heterocycles. The van der Waals surface area contributed by atoms with Crippen molar-refractivity contribution >= 4 is 50.5 Å². The van der Waals surface area contributed by atoms with E-state index in [9.17, 15) is 13.2 Å². The monoisotopic (exact) mass is 487 g/mol. The fourth-order valence-corrected chi connectivity index (χ4v) is 6.08. The van der Waals surface area contributed by atoms with Crippen molar-refractivity contribution in [2.45, 2.75) is 23.4 Å². The molecule has 32 heavy (non-hydrogen) atoms. The number of nitrogens with zero attached hydrogens (tertiary/aromatic N) is 1. The third kappa shape index (κ3) is 3.97. The quantitative estimate of drug-likeness (QED) is 0.566. The van der Waals surface area contributed by atoms with Crippen LogP contribution in [0.4, 0.5) is 11.4 Å². The number of benzene rings is 3. The third-order valence-electron chi connectivity index (χ3n) is 5.76. The van der Waals surface area contributed by atoms with Crippen molar-refractivity contribution in [3.8, 4) is 11.1 Å². The van der Waals surface area contributed by atoms with Crippen LogP contribution in [-0.4, -0.2) is 33.0 Å². The van der Waals surface area contributed by atoms with E-state index in [1.165, 1.54) is 0 Å². The van der Waals surface area contributed by atoms with Crippen LogP contribution in [0.2, 0.25) is 10.0 Å². The van der Waals surface area contributed by atoms with Gasteiger partial charge in [0.1, 0.15) is 6.04 Å². The van der Waals surface area contributed by atoms with Gasteiger partial charge in [-0.25, -0.2) is 13.1 Å². The molecule has 5 rings (SSSR count). The van der Waals surface area contributed by atoms with Crippen molar-refractivity contribution in [2.75, 3.05) is 16.8 Å². The Balaban J connectivity index is 1.34. The molecule has 1 fully saturated rings. The molecule has 3 aromatic carbocycles. The Kier molecular flexibility index (Phi) is 5.37. The van der Waals surface area contributed by atoms with Crippen molar-refractivity contribution < 1.29 is 13.2 Å². The molecule has 2 unspecified atom stereocenters. The van der Waals surface area contributed by atoms with Crippen LogP contribution in [-0.2, 0) is 14.8 Å². The molecule has 1 amide bonds. The fourth-order valence-electron chi connectivity index (χ4n) is 4.32. The zero-order valence-electron chi connectivity index (χ0n) is 16.8. The summed E-state index contributed by atoms with van der Waals surface area (Å²) in [6.07, 6.45) is 0.401. The average molecular weight is 488 g/mol. The van der Waals surface area contributed by atoms with E-state index < -0.39 is 16.1 Å². The number of anilines is 2. The molecule has 2 N–H and O–H groups in total. The first-order chi connectivity index (χ1) is 15.3. The van der Waals surface area contributed by atoms with Gasteiger partial charge < -0.3 is 10.2 Å². The summed E-state index contributed by atoms with van der Waals surface area (Å²) >= 11 is 12.1. The van der Waals surface area contributed by atoms with E-state index in [0.29, 0.717) is 23.0 Å². The third-order valence-corrected chi connectivity index (χ3v) is 7.73. The van der Waals surface area contributed by atoms with Crippen LogP contribution < -0.4 is 14.9 Å². The second-order valence-corrected chi connectivity index (χ2v) is 10.5. The predicted molar refractivity (Wildman–Crippen MR) is 127 cm³/mol. The zero-order valence-corrected chi connectivity index (χ0v) is 19.1. The van der Waals surface area contributed by atoms with Gasteiger partial charge in [0.05, 0.1) is 16.3 Å². The maximum absolute atomic E-state index is 13.0. The summed E-state index contributed by atoms with van der Waals surface area (Å²) in [6, 6.07) is 18.5. The summed E-state index contributed by atoms with van der Waals surface area (Å²) in [6.45, 7) is 0.424. The lowest BCUT2D eigenvalue weighted by atomic mass is 10.1. The molecule has 0 spiro atoms. The maximum Gasteiger partial charge on any atom is 0.247 e. The second kappa shape index (κ2) is 8.08. The standard InChI is InChI=1S/C23H19Cl2N3O3S/c24-16-9-15(10-17(25)11-16)14-5-7-19(8-6-14)32(30,31)27-18-12-22-23(29)26-20-3-1-2-4-21(20)28(22)13-18/h1-11,18,22,27H,12-13H2,(H,26,29). The summed E-state index contributed by atoms with van der Waals surface area (Å²) in [5.74, 6) is -0.116. The molecule has 2 atom stereocenters. The normalized spacial score (nSPS) is 19.9. The molecule has 164 valence electrons. The highest BCUT2D eigenvalue weighted by atomic mass is 35.5. The highest BCUT2D eigenvalue weighted by Gasteiger charge is 2.42. The van der Waals surface area contributed by atoms with E-state index in [1.54, 1.807) is 42.5 Å². The largest absolute Gasteiger partial charge is 0.356 e. The van der Waals surface area contributed by atoms with Gasteiger partial charge in [0, 0.05) is 22.6 Å². The van der Waals surface area contributed by atoms with Gasteiger partial charge in [0.15, 0.2) is 0 Å². The van der Waals surface area contributed by atoms with Crippen LogP contribution in [0.5, 0.6) is 0 Å². The SMILES string of the molecule is O=C1Nc2ccccc2N2CC(NS(=O)(=O)c3ccc(-c4cc(Cl)cc(Cl)c4)cc3)CC12. The number of amides is 1. The lowest BCUT2D eigenvalue weighted by Crippen LogP contribution is -2.44. The summed E-state index contributed by atoms with van der Waals surface area (Å²) < 4.78 is 28.8. The van der Waals surface area contributed by atoms with Gasteiger partial charge >= 0.3 is 0 Å². The Bertz CT molecular complexity index is 1290. The molecule has 1 saturated heterocycles. The van der Waals surface area contributed by atoms with E-state index >= 15 is 0 Å². The molecule has 9 heteroatoms.